The Morgan fingerprint density at radius 3 is 2.64 bits per heavy atom. The van der Waals surface area contributed by atoms with Crippen LogP contribution in [0.5, 0.6) is 5.75 Å². The van der Waals surface area contributed by atoms with Crippen LogP contribution in [0.25, 0.3) is 11.2 Å². The van der Waals surface area contributed by atoms with Gasteiger partial charge < -0.3 is 20.3 Å². The van der Waals surface area contributed by atoms with Crippen molar-refractivity contribution in [1.82, 2.24) is 24.2 Å². The normalized spacial score (nSPS) is 21.3. The quantitative estimate of drug-likeness (QED) is 0.299. The van der Waals surface area contributed by atoms with Crippen LogP contribution in [-0.2, 0) is 28.8 Å². The van der Waals surface area contributed by atoms with Gasteiger partial charge in [0.2, 0.25) is 0 Å². The van der Waals surface area contributed by atoms with Gasteiger partial charge in [-0.3, -0.25) is 18.3 Å². The molecule has 0 radical (unpaired) electrons. The molecule has 16 heteroatoms. The van der Waals surface area contributed by atoms with Gasteiger partial charge in [0, 0.05) is 0 Å². The van der Waals surface area contributed by atoms with Crippen molar-refractivity contribution in [3.05, 3.63) is 42.5 Å². The van der Waals surface area contributed by atoms with E-state index in [4.69, 9.17) is 19.4 Å². The number of ether oxygens (including phenoxy) is 2. The summed E-state index contributed by atoms with van der Waals surface area (Å²) < 4.78 is 59.7. The van der Waals surface area contributed by atoms with Gasteiger partial charge in [-0.05, 0) is 25.0 Å². The van der Waals surface area contributed by atoms with Crippen molar-refractivity contribution in [2.45, 2.75) is 51.3 Å². The predicted octanol–water partition coefficient (Wildman–Crippen LogP) is 1.39. The number of para-hydroxylation sites is 1. The Bertz CT molecular complexity index is 1460. The van der Waals surface area contributed by atoms with Crippen LogP contribution in [0.4, 0.5) is 10.2 Å². The van der Waals surface area contributed by atoms with Crippen LogP contribution < -0.4 is 10.5 Å². The van der Waals surface area contributed by atoms with Crippen molar-refractivity contribution >= 4 is 39.2 Å². The highest BCUT2D eigenvalue weighted by atomic mass is 32.2. The number of amides is 1. The first-order valence-corrected chi connectivity index (χ1v) is 13.4. The fourth-order valence-corrected chi connectivity index (χ4v) is 4.83. The smallest absolute Gasteiger partial charge is 0.362 e. The van der Waals surface area contributed by atoms with Crippen LogP contribution >= 0.6 is 0 Å². The van der Waals surface area contributed by atoms with Gasteiger partial charge in [-0.25, -0.2) is 24.1 Å². The number of hydrogen-bond acceptors (Lipinski definition) is 12. The van der Waals surface area contributed by atoms with Gasteiger partial charge in [-0.2, -0.15) is 8.42 Å². The third kappa shape index (κ3) is 5.91. The second kappa shape index (κ2) is 11.5. The number of rotatable bonds is 10. The molecule has 0 saturated carbocycles. The number of nitrogen functional groups attached to an aromatic ring is 1. The summed E-state index contributed by atoms with van der Waals surface area (Å²) in [5.74, 6) is -2.74. The van der Waals surface area contributed by atoms with Crippen LogP contribution in [0, 0.1) is 5.92 Å². The van der Waals surface area contributed by atoms with Crippen LogP contribution in [0.15, 0.2) is 36.9 Å². The highest BCUT2D eigenvalue weighted by Gasteiger charge is 2.50. The second-order valence-electron chi connectivity index (χ2n) is 8.69. The average molecular weight is 567 g/mol. The number of hydrogen-bond donors (Lipinski definition) is 3. The molecule has 2 aromatic heterocycles. The number of carbonyl (C=O) groups excluding carboxylic acids is 2. The minimum absolute atomic E-state index is 0.0510. The largest absolute Gasteiger partial charge is 0.507 e. The van der Waals surface area contributed by atoms with E-state index >= 15 is 4.39 Å². The number of phenolic OH excluding ortho intramolecular Hbond substituents is 1. The van der Waals surface area contributed by atoms with Crippen molar-refractivity contribution in [3.63, 3.8) is 0 Å². The summed E-state index contributed by atoms with van der Waals surface area (Å²) in [7, 11) is -4.75. The lowest BCUT2D eigenvalue weighted by Gasteiger charge is -2.22. The number of aromatic nitrogens is 4. The Kier molecular flexibility index (Phi) is 8.27. The maximum Gasteiger partial charge on any atom is 0.362 e. The number of esters is 1. The highest BCUT2D eigenvalue weighted by Crippen LogP contribution is 2.36. The molecule has 3 aromatic rings. The molecular weight excluding hydrogens is 539 g/mol. The molecule has 1 aliphatic heterocycles. The number of phenols is 1. The van der Waals surface area contributed by atoms with E-state index in [2.05, 4.69) is 15.0 Å². The molecule has 14 nitrogen and oxygen atoms in total. The van der Waals surface area contributed by atoms with Gasteiger partial charge in [0.1, 0.15) is 23.7 Å². The van der Waals surface area contributed by atoms with Crippen molar-refractivity contribution < 1.29 is 41.2 Å². The molecule has 0 unspecified atom stereocenters. The molecule has 1 aliphatic rings. The third-order valence-corrected chi connectivity index (χ3v) is 7.13. The van der Waals surface area contributed by atoms with E-state index < -0.39 is 65.1 Å². The molecule has 1 fully saturated rings. The zero-order valence-electron chi connectivity index (χ0n) is 20.9. The molecule has 39 heavy (non-hydrogen) atoms. The lowest BCUT2D eigenvalue weighted by Crippen LogP contribution is -2.40. The number of nitrogens with two attached hydrogens (primary N) is 1. The van der Waals surface area contributed by atoms with Crippen LogP contribution in [0.2, 0.25) is 0 Å². The summed E-state index contributed by atoms with van der Waals surface area (Å²) in [6, 6.07) is 5.28. The van der Waals surface area contributed by atoms with Crippen molar-refractivity contribution in [1.29, 1.82) is 0 Å². The van der Waals surface area contributed by atoms with Crippen LogP contribution in [-0.4, -0.2) is 69.9 Å². The van der Waals surface area contributed by atoms with Crippen LogP contribution in [0.1, 0.15) is 43.3 Å². The number of anilines is 1. The number of benzene rings is 1. The number of imidazole rings is 1. The van der Waals surface area contributed by atoms with Crippen molar-refractivity contribution in [2.75, 3.05) is 12.3 Å². The summed E-state index contributed by atoms with van der Waals surface area (Å²) in [5.41, 5.74) is 5.83. The van der Waals surface area contributed by atoms with Crippen molar-refractivity contribution in [3.8, 4) is 5.75 Å². The molecule has 4 rings (SSSR count). The van der Waals surface area contributed by atoms with Gasteiger partial charge in [-0.15, -0.1) is 0 Å². The molecule has 3 heterocycles. The monoisotopic (exact) mass is 566 g/mol. The molecular formula is C23H27FN6O8S. The zero-order valence-corrected chi connectivity index (χ0v) is 21.7. The lowest BCUT2D eigenvalue weighted by molar-refractivity contribution is -0.160. The minimum Gasteiger partial charge on any atom is -0.507 e. The maximum atomic E-state index is 15.8. The van der Waals surface area contributed by atoms with E-state index in [0.717, 1.165) is 6.33 Å². The number of carbonyl (C=O) groups is 2. The van der Waals surface area contributed by atoms with E-state index in [1.54, 1.807) is 18.6 Å². The van der Waals surface area contributed by atoms with Gasteiger partial charge in [0.15, 0.2) is 30.0 Å². The minimum atomic E-state index is -4.75. The molecule has 4 N–H and O–H groups in total. The summed E-state index contributed by atoms with van der Waals surface area (Å²) >= 11 is 0. The lowest BCUT2D eigenvalue weighted by atomic mass is 10.0. The Hall–Kier alpha value is -3.89. The number of nitrogens with zero attached hydrogens (tertiary/aromatic N) is 4. The van der Waals surface area contributed by atoms with Gasteiger partial charge in [0.25, 0.3) is 5.91 Å². The fraction of sp³-hybridized carbons (Fsp3) is 0.435. The number of halogens is 1. The second-order valence-corrected chi connectivity index (χ2v) is 10.0. The van der Waals surface area contributed by atoms with E-state index in [1.807, 2.05) is 0 Å². The summed E-state index contributed by atoms with van der Waals surface area (Å²) in [6.45, 7) is 2.74. The maximum absolute atomic E-state index is 15.8. The number of aromatic hydroxyl groups is 1. The first-order valence-electron chi connectivity index (χ1n) is 12.0. The standard InChI is InChI=1S/C23H27FN6O8S/c1-3-12(4-2)23(33)38-18-15(9-36-39(34,35)29-21(32)13-7-5-6-8-14(13)31)37-22(16(18)24)30-11-28-17-19(25)26-10-27-20(17)30/h5-8,10-12,15-16,18,22,31H,3-4,9H2,1-2H3,(H,29,32)(H2,25,26,27)/t15-,16-,18-,22-/m1/s1. The average Bonchev–Trinajstić information content (AvgIpc) is 3.45. The number of fused-ring (bicyclic) bond motifs is 1. The van der Waals surface area contributed by atoms with Crippen LogP contribution in [0.3, 0.4) is 0 Å². The molecule has 1 aromatic carbocycles. The van der Waals surface area contributed by atoms with E-state index in [9.17, 15) is 23.1 Å². The van der Waals surface area contributed by atoms with Gasteiger partial charge in [0.05, 0.1) is 24.4 Å². The SMILES string of the molecule is CCC(CC)C(=O)O[C@H]1[C@@H](F)[C@H](n2cnc3c(N)ncnc32)O[C@@H]1COS(=O)(=O)NC(=O)c1ccccc1O. The molecule has 1 amide bonds. The zero-order chi connectivity index (χ0) is 28.3. The van der Waals surface area contributed by atoms with Crippen molar-refractivity contribution in [2.24, 2.45) is 5.92 Å². The Labute approximate surface area is 222 Å². The summed E-state index contributed by atoms with van der Waals surface area (Å²) in [4.78, 5) is 37.0. The van der Waals surface area contributed by atoms with E-state index in [0.29, 0.717) is 12.8 Å². The molecule has 210 valence electrons. The number of nitrogens with one attached hydrogen (secondary N) is 1. The topological polar surface area (TPSA) is 198 Å². The first-order chi connectivity index (χ1) is 18.6. The van der Waals surface area contributed by atoms with Gasteiger partial charge >= 0.3 is 16.3 Å². The number of alkyl halides is 1. The Morgan fingerprint density at radius 1 is 1.23 bits per heavy atom. The molecule has 1 saturated heterocycles. The highest BCUT2D eigenvalue weighted by molar-refractivity contribution is 7.85. The third-order valence-electron chi connectivity index (χ3n) is 6.25. The fourth-order valence-electron chi connectivity index (χ4n) is 4.12. The summed E-state index contributed by atoms with van der Waals surface area (Å²) in [6.07, 6.45) is -3.12. The van der Waals surface area contributed by atoms with E-state index in [1.165, 1.54) is 35.2 Å². The van der Waals surface area contributed by atoms with E-state index in [-0.39, 0.29) is 22.5 Å². The van der Waals surface area contributed by atoms with Gasteiger partial charge in [-0.1, -0.05) is 26.0 Å². The molecule has 4 atom stereocenters. The summed E-state index contributed by atoms with van der Waals surface area (Å²) in [5, 5.41) is 9.79. The molecule has 0 aliphatic carbocycles. The predicted molar refractivity (Wildman–Crippen MR) is 133 cm³/mol. The molecule has 0 bridgehead atoms. The molecule has 0 spiro atoms. The Balaban J connectivity index is 1.55. The first kappa shape index (κ1) is 28.1. The Morgan fingerprint density at radius 2 is 1.95 bits per heavy atom.